The number of ether oxygens (including phenoxy) is 1. The molecule has 11 nitrogen and oxygen atoms in total. The van der Waals surface area contributed by atoms with Gasteiger partial charge in [0.25, 0.3) is 0 Å². The number of rotatable bonds is 10. The number of pyridine rings is 1. The Morgan fingerprint density at radius 2 is 1.88 bits per heavy atom. The molecule has 2 aliphatic rings. The molecule has 3 heterocycles. The molecule has 4 rings (SSSR count). The van der Waals surface area contributed by atoms with E-state index < -0.39 is 47.0 Å². The quantitative estimate of drug-likeness (QED) is 0.369. The molecule has 2 fully saturated rings. The Morgan fingerprint density at radius 3 is 2.51 bits per heavy atom. The van der Waals surface area contributed by atoms with Crippen LogP contribution in [0, 0.1) is 5.92 Å². The molecule has 0 bridgehead atoms. The lowest BCUT2D eigenvalue weighted by Crippen LogP contribution is -2.65. The standard InChI is InChI=1S/C31H40ClN5O6/c1-20(33)28(41)37-25(18-43-30(37,2)3)27(40)35-31(16-21-7-9-24(32)10-8-21)11-5-13-36(19-31)29(42)23(15-26(38)39)14-22-6-4-12-34-17-22/h4,6-10,12,17,20,23,25H,5,11,13-16,18-19,33H2,1-3H3,(H,35,40)(H,38,39)/t20-,23+,25-,31+/m0/s1. The van der Waals surface area contributed by atoms with Crippen molar-refractivity contribution in [2.24, 2.45) is 11.7 Å². The first-order valence-electron chi connectivity index (χ1n) is 14.5. The minimum absolute atomic E-state index is 0.00274. The maximum absolute atomic E-state index is 14.0. The second-order valence-electron chi connectivity index (χ2n) is 12.1. The number of hydrogen-bond acceptors (Lipinski definition) is 7. The van der Waals surface area contributed by atoms with Gasteiger partial charge in [0.2, 0.25) is 17.7 Å². The molecule has 232 valence electrons. The fraction of sp³-hybridized carbons (Fsp3) is 0.516. The van der Waals surface area contributed by atoms with Gasteiger partial charge >= 0.3 is 5.97 Å². The number of nitrogens with zero attached hydrogens (tertiary/aromatic N) is 3. The van der Waals surface area contributed by atoms with E-state index in [1.165, 1.54) is 4.90 Å². The minimum Gasteiger partial charge on any atom is -0.481 e. The Labute approximate surface area is 256 Å². The molecule has 1 aromatic heterocycles. The van der Waals surface area contributed by atoms with Crippen LogP contribution in [0.25, 0.3) is 0 Å². The van der Waals surface area contributed by atoms with Crippen LogP contribution < -0.4 is 11.1 Å². The number of carboxylic acid groups (broad SMARTS) is 1. The zero-order chi connectivity index (χ0) is 31.4. The van der Waals surface area contributed by atoms with Crippen molar-refractivity contribution in [3.05, 3.63) is 64.9 Å². The van der Waals surface area contributed by atoms with Crippen LogP contribution in [0.3, 0.4) is 0 Å². The predicted octanol–water partition coefficient (Wildman–Crippen LogP) is 2.40. The summed E-state index contributed by atoms with van der Waals surface area (Å²) in [6, 6.07) is 9.12. The molecule has 43 heavy (non-hydrogen) atoms. The zero-order valence-corrected chi connectivity index (χ0v) is 25.5. The number of hydrogen-bond donors (Lipinski definition) is 3. The number of amides is 3. The van der Waals surface area contributed by atoms with Crippen molar-refractivity contribution < 1.29 is 29.0 Å². The number of carbonyl (C=O) groups is 4. The summed E-state index contributed by atoms with van der Waals surface area (Å²) >= 11 is 6.13. The van der Waals surface area contributed by atoms with E-state index in [1.807, 2.05) is 18.2 Å². The van der Waals surface area contributed by atoms with E-state index in [9.17, 15) is 24.3 Å². The number of piperidine rings is 1. The molecule has 2 aromatic rings. The molecule has 2 aliphatic heterocycles. The highest BCUT2D eigenvalue weighted by atomic mass is 35.5. The lowest BCUT2D eigenvalue weighted by atomic mass is 9.82. The SMILES string of the molecule is C[C@H](N)C(=O)N1[C@H](C(=O)N[C@@]2(Cc3ccc(Cl)cc3)CCCN(C(=O)[C@@H](CC(=O)O)Cc3cccnc3)C2)COC1(C)C. The van der Waals surface area contributed by atoms with Gasteiger partial charge in [-0.3, -0.25) is 29.1 Å². The number of benzene rings is 1. The molecule has 0 unspecified atom stereocenters. The number of aromatic nitrogens is 1. The van der Waals surface area contributed by atoms with Crippen molar-refractivity contribution in [3.63, 3.8) is 0 Å². The summed E-state index contributed by atoms with van der Waals surface area (Å²) in [5, 5.41) is 13.4. The van der Waals surface area contributed by atoms with Gasteiger partial charge in [-0.05, 0) is 75.8 Å². The number of halogens is 1. The second-order valence-corrected chi connectivity index (χ2v) is 12.5. The Morgan fingerprint density at radius 1 is 1.16 bits per heavy atom. The number of nitrogens with two attached hydrogens (primary N) is 1. The van der Waals surface area contributed by atoms with Crippen molar-refractivity contribution >= 4 is 35.3 Å². The topological polar surface area (TPSA) is 155 Å². The number of nitrogens with one attached hydrogen (secondary N) is 1. The summed E-state index contributed by atoms with van der Waals surface area (Å²) in [6.07, 6.45) is 4.69. The normalized spacial score (nSPS) is 23.0. The average Bonchev–Trinajstić information content (AvgIpc) is 3.28. The Bertz CT molecular complexity index is 1320. The summed E-state index contributed by atoms with van der Waals surface area (Å²) in [6.45, 7) is 5.60. The molecule has 4 atom stereocenters. The van der Waals surface area contributed by atoms with Gasteiger partial charge in [0.1, 0.15) is 11.8 Å². The maximum Gasteiger partial charge on any atom is 0.304 e. The first kappa shape index (κ1) is 32.4. The van der Waals surface area contributed by atoms with Crippen LogP contribution in [0.2, 0.25) is 5.02 Å². The van der Waals surface area contributed by atoms with Gasteiger partial charge in [0.05, 0.1) is 30.5 Å². The molecular formula is C31H40ClN5O6. The summed E-state index contributed by atoms with van der Waals surface area (Å²) in [5.74, 6) is -2.96. The first-order chi connectivity index (χ1) is 20.3. The van der Waals surface area contributed by atoms with E-state index in [1.54, 1.807) is 56.3 Å². The summed E-state index contributed by atoms with van der Waals surface area (Å²) in [5.41, 5.74) is 5.67. The fourth-order valence-electron chi connectivity index (χ4n) is 6.10. The van der Waals surface area contributed by atoms with E-state index in [0.717, 1.165) is 11.1 Å². The number of carboxylic acids is 1. The average molecular weight is 614 g/mol. The van der Waals surface area contributed by atoms with Crippen LogP contribution >= 0.6 is 11.6 Å². The zero-order valence-electron chi connectivity index (χ0n) is 24.8. The number of aliphatic carboxylic acids is 1. The third-order valence-electron chi connectivity index (χ3n) is 8.12. The van der Waals surface area contributed by atoms with Gasteiger partial charge in [0.15, 0.2) is 0 Å². The van der Waals surface area contributed by atoms with Crippen molar-refractivity contribution in [2.75, 3.05) is 19.7 Å². The van der Waals surface area contributed by atoms with Crippen molar-refractivity contribution in [3.8, 4) is 0 Å². The molecule has 2 saturated heterocycles. The predicted molar refractivity (Wildman–Crippen MR) is 160 cm³/mol. The monoisotopic (exact) mass is 613 g/mol. The fourth-order valence-corrected chi connectivity index (χ4v) is 6.23. The van der Waals surface area contributed by atoms with Crippen molar-refractivity contribution in [2.45, 2.75) is 76.2 Å². The molecule has 1 aromatic carbocycles. The lowest BCUT2D eigenvalue weighted by molar-refractivity contribution is -0.151. The van der Waals surface area contributed by atoms with Crippen LogP contribution in [-0.2, 0) is 36.8 Å². The van der Waals surface area contributed by atoms with Crippen LogP contribution in [0.5, 0.6) is 0 Å². The third kappa shape index (κ3) is 7.90. The minimum atomic E-state index is -1.07. The van der Waals surface area contributed by atoms with E-state index in [2.05, 4.69) is 10.3 Å². The molecule has 12 heteroatoms. The molecule has 3 amide bonds. The summed E-state index contributed by atoms with van der Waals surface area (Å²) in [4.78, 5) is 59.8. The molecule has 4 N–H and O–H groups in total. The van der Waals surface area contributed by atoms with Crippen LogP contribution in [-0.4, -0.2) is 86.6 Å². The van der Waals surface area contributed by atoms with Crippen LogP contribution in [0.1, 0.15) is 51.2 Å². The number of carbonyl (C=O) groups excluding carboxylic acids is 3. The van der Waals surface area contributed by atoms with E-state index >= 15 is 0 Å². The highest BCUT2D eigenvalue weighted by Crippen LogP contribution is 2.32. The summed E-state index contributed by atoms with van der Waals surface area (Å²) in [7, 11) is 0. The van der Waals surface area contributed by atoms with Crippen molar-refractivity contribution in [1.29, 1.82) is 0 Å². The Hall–Kier alpha value is -3.54. The maximum atomic E-state index is 14.0. The van der Waals surface area contributed by atoms with E-state index in [-0.39, 0.29) is 31.9 Å². The Balaban J connectivity index is 1.62. The molecule has 0 saturated carbocycles. The van der Waals surface area contributed by atoms with Crippen LogP contribution in [0.15, 0.2) is 48.8 Å². The van der Waals surface area contributed by atoms with Gasteiger partial charge in [-0.1, -0.05) is 29.8 Å². The Kier molecular flexibility index (Phi) is 10.1. The van der Waals surface area contributed by atoms with Gasteiger partial charge in [0, 0.05) is 30.5 Å². The van der Waals surface area contributed by atoms with Crippen LogP contribution in [0.4, 0.5) is 0 Å². The highest BCUT2D eigenvalue weighted by Gasteiger charge is 2.50. The highest BCUT2D eigenvalue weighted by molar-refractivity contribution is 6.30. The third-order valence-corrected chi connectivity index (χ3v) is 8.38. The van der Waals surface area contributed by atoms with E-state index in [4.69, 9.17) is 22.1 Å². The van der Waals surface area contributed by atoms with E-state index in [0.29, 0.717) is 30.8 Å². The van der Waals surface area contributed by atoms with Gasteiger partial charge in [-0.2, -0.15) is 0 Å². The van der Waals surface area contributed by atoms with Gasteiger partial charge in [-0.25, -0.2) is 0 Å². The van der Waals surface area contributed by atoms with Crippen molar-refractivity contribution in [1.82, 2.24) is 20.1 Å². The smallest absolute Gasteiger partial charge is 0.304 e. The largest absolute Gasteiger partial charge is 0.481 e. The molecule has 0 aliphatic carbocycles. The molecule has 0 spiro atoms. The van der Waals surface area contributed by atoms with Gasteiger partial charge < -0.3 is 25.8 Å². The van der Waals surface area contributed by atoms with Gasteiger partial charge in [-0.15, -0.1) is 0 Å². The first-order valence-corrected chi connectivity index (χ1v) is 14.9. The summed E-state index contributed by atoms with van der Waals surface area (Å²) < 4.78 is 5.84. The molecule has 0 radical (unpaired) electrons. The lowest BCUT2D eigenvalue weighted by Gasteiger charge is -2.45. The number of likely N-dealkylation sites (tertiary alicyclic amines) is 1. The second kappa shape index (κ2) is 13.4. The molecular weight excluding hydrogens is 574 g/mol.